The fourth-order valence-corrected chi connectivity index (χ4v) is 2.30. The van der Waals surface area contributed by atoms with Gasteiger partial charge in [-0.1, -0.05) is 23.4 Å². The minimum atomic E-state index is -0.539. The minimum absolute atomic E-state index is 0.0306. The normalized spacial score (nSPS) is 10.6. The first-order valence-corrected chi connectivity index (χ1v) is 7.87. The van der Waals surface area contributed by atoms with E-state index in [1.165, 1.54) is 0 Å². The molecule has 0 saturated carbocycles. The third-order valence-corrected chi connectivity index (χ3v) is 3.45. The largest absolute Gasteiger partial charge is 0.460 e. The molecule has 0 spiro atoms. The van der Waals surface area contributed by atoms with Crippen LogP contribution in [-0.2, 0) is 17.7 Å². The summed E-state index contributed by atoms with van der Waals surface area (Å²) in [6.45, 7) is 3.12. The second-order valence-electron chi connectivity index (χ2n) is 5.16. The molecule has 1 aromatic carbocycles. The molecule has 3 aromatic rings. The van der Waals surface area contributed by atoms with Gasteiger partial charge in [0.15, 0.2) is 5.82 Å². The van der Waals surface area contributed by atoms with Gasteiger partial charge in [0.2, 0.25) is 0 Å². The number of ether oxygens (including phenoxy) is 1. The smallest absolute Gasteiger partial charge is 0.378 e. The third kappa shape index (κ3) is 4.37. The van der Waals surface area contributed by atoms with Gasteiger partial charge in [0.1, 0.15) is 5.82 Å². The number of esters is 1. The number of para-hydroxylation sites is 1. The molecule has 10 heteroatoms. The zero-order valence-electron chi connectivity index (χ0n) is 13.7. The summed E-state index contributed by atoms with van der Waals surface area (Å²) in [5.74, 6) is 0.691. The quantitative estimate of drug-likeness (QED) is 0.574. The molecule has 2 aromatic heterocycles. The molecule has 2 heterocycles. The van der Waals surface area contributed by atoms with E-state index in [1.807, 2.05) is 30.3 Å². The summed E-state index contributed by atoms with van der Waals surface area (Å²) in [6, 6.07) is 9.87. The zero-order valence-corrected chi connectivity index (χ0v) is 13.7. The van der Waals surface area contributed by atoms with Gasteiger partial charge in [0, 0.05) is 18.7 Å². The summed E-state index contributed by atoms with van der Waals surface area (Å²) in [5.41, 5.74) is 1.01. The molecule has 0 bridgehead atoms. The number of carbonyl (C=O) groups excluding carboxylic acids is 1. The number of carbonyl (C=O) groups is 1. The Bertz CT molecular complexity index is 787. The number of anilines is 1. The Morgan fingerprint density at radius 1 is 1.24 bits per heavy atom. The highest BCUT2D eigenvalue weighted by molar-refractivity contribution is 5.84. The van der Waals surface area contributed by atoms with Crippen LogP contribution in [0.15, 0.2) is 30.3 Å². The number of benzene rings is 1. The van der Waals surface area contributed by atoms with Crippen molar-refractivity contribution in [2.75, 3.05) is 18.1 Å². The molecule has 0 aliphatic rings. The lowest BCUT2D eigenvalue weighted by Gasteiger charge is -2.23. The summed E-state index contributed by atoms with van der Waals surface area (Å²) < 4.78 is 4.90. The van der Waals surface area contributed by atoms with Gasteiger partial charge in [0.25, 0.3) is 5.82 Å². The Hall–Kier alpha value is -3.30. The molecule has 130 valence electrons. The molecular weight excluding hydrogens is 324 g/mol. The van der Waals surface area contributed by atoms with Crippen LogP contribution in [0.3, 0.4) is 0 Å². The molecule has 25 heavy (non-hydrogen) atoms. The molecular formula is C15H18N8O2. The van der Waals surface area contributed by atoms with E-state index in [0.29, 0.717) is 31.2 Å². The summed E-state index contributed by atoms with van der Waals surface area (Å²) in [6.07, 6.45) is 0.615. The second-order valence-corrected chi connectivity index (χ2v) is 5.16. The monoisotopic (exact) mass is 342 g/mol. The Kier molecular flexibility index (Phi) is 5.29. The maximum Gasteiger partial charge on any atom is 0.378 e. The van der Waals surface area contributed by atoms with Crippen LogP contribution in [0.2, 0.25) is 0 Å². The van der Waals surface area contributed by atoms with E-state index >= 15 is 0 Å². The van der Waals surface area contributed by atoms with Crippen LogP contribution >= 0.6 is 0 Å². The van der Waals surface area contributed by atoms with Crippen LogP contribution in [0.4, 0.5) is 5.69 Å². The summed E-state index contributed by atoms with van der Waals surface area (Å²) in [7, 11) is 0. The van der Waals surface area contributed by atoms with Crippen molar-refractivity contribution in [3.63, 3.8) is 0 Å². The molecule has 2 N–H and O–H groups in total. The van der Waals surface area contributed by atoms with Crippen LogP contribution < -0.4 is 4.90 Å². The standard InChI is InChI=1S/C15H18N8O2/c1-2-25-15(24)14-16-13(17-20-14)10-23(11-6-4-3-5-7-11)9-8-12-18-21-22-19-12/h3-7H,2,8-10H2,1H3,(H,16,17,20)(H,18,19,21,22). The van der Waals surface area contributed by atoms with Crippen LogP contribution in [0.1, 0.15) is 29.2 Å². The number of H-pyrrole nitrogens is 2. The van der Waals surface area contributed by atoms with Crippen molar-refractivity contribution in [3.05, 3.63) is 47.8 Å². The lowest BCUT2D eigenvalue weighted by molar-refractivity contribution is 0.0512. The molecule has 0 radical (unpaired) electrons. The van der Waals surface area contributed by atoms with E-state index in [-0.39, 0.29) is 12.4 Å². The molecule has 3 rings (SSSR count). The van der Waals surface area contributed by atoms with Gasteiger partial charge in [-0.05, 0) is 19.1 Å². The fraction of sp³-hybridized carbons (Fsp3) is 0.333. The number of nitrogens with one attached hydrogen (secondary N) is 2. The fourth-order valence-electron chi connectivity index (χ4n) is 2.30. The van der Waals surface area contributed by atoms with Crippen molar-refractivity contribution in [2.24, 2.45) is 0 Å². The Labute approximate surface area is 143 Å². The summed E-state index contributed by atoms with van der Waals surface area (Å²) >= 11 is 0. The van der Waals surface area contributed by atoms with Crippen molar-refractivity contribution in [1.82, 2.24) is 35.8 Å². The number of nitrogens with zero attached hydrogens (tertiary/aromatic N) is 6. The topological polar surface area (TPSA) is 126 Å². The molecule has 10 nitrogen and oxygen atoms in total. The van der Waals surface area contributed by atoms with Crippen molar-refractivity contribution < 1.29 is 9.53 Å². The average Bonchev–Trinajstić information content (AvgIpc) is 3.31. The number of hydrogen-bond donors (Lipinski definition) is 2. The second kappa shape index (κ2) is 7.99. The first kappa shape index (κ1) is 16.6. The van der Waals surface area contributed by atoms with Crippen molar-refractivity contribution >= 4 is 11.7 Å². The van der Waals surface area contributed by atoms with E-state index in [1.54, 1.807) is 6.92 Å². The van der Waals surface area contributed by atoms with Crippen LogP contribution in [0.5, 0.6) is 0 Å². The number of aromatic amines is 2. The van der Waals surface area contributed by atoms with Crippen molar-refractivity contribution in [3.8, 4) is 0 Å². The lowest BCUT2D eigenvalue weighted by Crippen LogP contribution is -2.26. The highest BCUT2D eigenvalue weighted by atomic mass is 16.5. The van der Waals surface area contributed by atoms with E-state index < -0.39 is 5.97 Å². The predicted molar refractivity (Wildman–Crippen MR) is 87.7 cm³/mol. The van der Waals surface area contributed by atoms with Crippen molar-refractivity contribution in [2.45, 2.75) is 19.9 Å². The number of tetrazole rings is 1. The first-order valence-electron chi connectivity index (χ1n) is 7.87. The number of hydrogen-bond acceptors (Lipinski definition) is 8. The molecule has 0 fully saturated rings. The molecule has 0 saturated heterocycles. The van der Waals surface area contributed by atoms with Gasteiger partial charge in [0.05, 0.1) is 13.2 Å². The van der Waals surface area contributed by atoms with Gasteiger partial charge < -0.3 is 9.64 Å². The van der Waals surface area contributed by atoms with Crippen LogP contribution in [0.25, 0.3) is 0 Å². The summed E-state index contributed by atoms with van der Waals surface area (Å²) in [4.78, 5) is 18.0. The Balaban J connectivity index is 1.72. The SMILES string of the molecule is CCOC(=O)c1n[nH]c(CN(CCc2nn[nH]n2)c2ccccc2)n1. The lowest BCUT2D eigenvalue weighted by atomic mass is 10.2. The predicted octanol–water partition coefficient (Wildman–Crippen LogP) is 0.744. The maximum atomic E-state index is 11.7. The van der Waals surface area contributed by atoms with Crippen molar-refractivity contribution in [1.29, 1.82) is 0 Å². The van der Waals surface area contributed by atoms with Gasteiger partial charge in [-0.15, -0.1) is 15.3 Å². The van der Waals surface area contributed by atoms with Gasteiger partial charge >= 0.3 is 5.97 Å². The van der Waals surface area contributed by atoms with E-state index in [2.05, 4.69) is 40.7 Å². The number of aromatic nitrogens is 7. The Morgan fingerprint density at radius 2 is 2.08 bits per heavy atom. The molecule has 0 aliphatic heterocycles. The van der Waals surface area contributed by atoms with Crippen LogP contribution in [-0.4, -0.2) is 54.9 Å². The van der Waals surface area contributed by atoms with Crippen LogP contribution in [0, 0.1) is 0 Å². The van der Waals surface area contributed by atoms with Gasteiger partial charge in [-0.3, -0.25) is 5.10 Å². The average molecular weight is 342 g/mol. The van der Waals surface area contributed by atoms with Gasteiger partial charge in [-0.25, -0.2) is 9.78 Å². The minimum Gasteiger partial charge on any atom is -0.460 e. The van der Waals surface area contributed by atoms with E-state index in [9.17, 15) is 4.79 Å². The molecule has 0 atom stereocenters. The molecule has 0 amide bonds. The van der Waals surface area contributed by atoms with E-state index in [4.69, 9.17) is 4.74 Å². The zero-order chi connectivity index (χ0) is 17.5. The van der Waals surface area contributed by atoms with E-state index in [0.717, 1.165) is 5.69 Å². The third-order valence-electron chi connectivity index (χ3n) is 3.45. The highest BCUT2D eigenvalue weighted by Gasteiger charge is 2.16. The molecule has 0 aliphatic carbocycles. The number of rotatable bonds is 8. The first-order chi connectivity index (χ1) is 12.3. The van der Waals surface area contributed by atoms with Gasteiger partial charge in [-0.2, -0.15) is 5.21 Å². The highest BCUT2D eigenvalue weighted by Crippen LogP contribution is 2.16. The molecule has 0 unspecified atom stereocenters. The summed E-state index contributed by atoms with van der Waals surface area (Å²) in [5, 5.41) is 20.6. The maximum absolute atomic E-state index is 11.7. The Morgan fingerprint density at radius 3 is 2.80 bits per heavy atom.